The molecule has 5 rings (SSSR count). The summed E-state index contributed by atoms with van der Waals surface area (Å²) in [7, 11) is -3.71. The van der Waals surface area contributed by atoms with Gasteiger partial charge in [0.05, 0.1) is 16.7 Å². The van der Waals surface area contributed by atoms with Crippen LogP contribution in [0.15, 0.2) is 91.5 Å². The molecule has 1 saturated heterocycles. The second-order valence-electron chi connectivity index (χ2n) is 12.0. The summed E-state index contributed by atoms with van der Waals surface area (Å²) >= 11 is 12.8. The number of halogens is 2. The molecule has 0 aromatic heterocycles. The van der Waals surface area contributed by atoms with Crippen LogP contribution in [0, 0.1) is 11.3 Å². The number of amides is 1. The molecule has 3 aromatic rings. The lowest BCUT2D eigenvalue weighted by Crippen LogP contribution is -2.58. The van der Waals surface area contributed by atoms with Gasteiger partial charge in [-0.1, -0.05) is 90.8 Å². The van der Waals surface area contributed by atoms with E-state index in [1.165, 1.54) is 0 Å². The molecule has 1 N–H and O–H groups in total. The average molecular weight is 626 g/mol. The Balaban J connectivity index is 1.58. The lowest BCUT2D eigenvalue weighted by Gasteiger charge is -2.52. The number of sulfonamides is 1. The number of benzene rings is 3. The van der Waals surface area contributed by atoms with Crippen molar-refractivity contribution >= 4 is 39.1 Å². The molecule has 8 heteroatoms. The first-order valence-corrected chi connectivity index (χ1v) is 16.8. The maximum absolute atomic E-state index is 14.6. The minimum atomic E-state index is -3.71. The first-order chi connectivity index (χ1) is 20.0. The van der Waals surface area contributed by atoms with Gasteiger partial charge < -0.3 is 4.90 Å². The number of rotatable bonds is 11. The summed E-state index contributed by atoms with van der Waals surface area (Å²) in [5.74, 6) is 0.144. The van der Waals surface area contributed by atoms with Crippen LogP contribution in [-0.2, 0) is 14.8 Å². The number of likely N-dealkylation sites (tertiary alicyclic amines) is 1. The fourth-order valence-electron chi connectivity index (χ4n) is 6.46. The molecule has 1 amide bonds. The molecule has 0 bridgehead atoms. The molecule has 42 heavy (non-hydrogen) atoms. The number of piperidine rings is 1. The van der Waals surface area contributed by atoms with Crippen molar-refractivity contribution in [2.45, 2.75) is 62.8 Å². The zero-order valence-electron chi connectivity index (χ0n) is 24.0. The summed E-state index contributed by atoms with van der Waals surface area (Å²) in [6.45, 7) is 7.82. The van der Waals surface area contributed by atoms with Gasteiger partial charge in [-0.2, -0.15) is 0 Å². The van der Waals surface area contributed by atoms with Gasteiger partial charge in [0, 0.05) is 28.5 Å². The van der Waals surface area contributed by atoms with Crippen LogP contribution in [0.4, 0.5) is 0 Å². The van der Waals surface area contributed by atoms with E-state index in [-0.39, 0.29) is 36.4 Å². The average Bonchev–Trinajstić information content (AvgIpc) is 3.81. The van der Waals surface area contributed by atoms with Crippen molar-refractivity contribution in [3.63, 3.8) is 0 Å². The first-order valence-electron chi connectivity index (χ1n) is 14.5. The summed E-state index contributed by atoms with van der Waals surface area (Å²) < 4.78 is 30.0. The van der Waals surface area contributed by atoms with E-state index in [4.69, 9.17) is 23.2 Å². The summed E-state index contributed by atoms with van der Waals surface area (Å²) in [6, 6.07) is 24.1. The predicted octanol–water partition coefficient (Wildman–Crippen LogP) is 8.09. The van der Waals surface area contributed by atoms with Crippen molar-refractivity contribution in [2.24, 2.45) is 11.3 Å². The number of allylic oxidation sites excluding steroid dienone is 1. The van der Waals surface area contributed by atoms with E-state index in [0.29, 0.717) is 22.9 Å². The van der Waals surface area contributed by atoms with Gasteiger partial charge in [0.2, 0.25) is 15.9 Å². The monoisotopic (exact) mass is 624 g/mol. The third-order valence-electron chi connectivity index (χ3n) is 8.94. The molecule has 5 atom stereocenters. The van der Waals surface area contributed by atoms with Crippen LogP contribution in [0.5, 0.6) is 0 Å². The summed E-state index contributed by atoms with van der Waals surface area (Å²) in [4.78, 5) is 16.6. The van der Waals surface area contributed by atoms with Gasteiger partial charge in [0.25, 0.3) is 0 Å². The molecule has 1 unspecified atom stereocenters. The SMILES string of the molecule is C=CC[C@@]1(C)C[C@H](c2cccc(Cl)c2)[C@@H](c2ccc(Cl)cc2)N([C@H](CNS(=O)(=O)C(C)c2ccccc2)C2CC2)C1=O. The topological polar surface area (TPSA) is 66.5 Å². The van der Waals surface area contributed by atoms with E-state index in [2.05, 4.69) is 17.4 Å². The van der Waals surface area contributed by atoms with Gasteiger partial charge >= 0.3 is 0 Å². The number of hydrogen-bond acceptors (Lipinski definition) is 3. The van der Waals surface area contributed by atoms with Crippen LogP contribution in [0.25, 0.3) is 0 Å². The first kappa shape index (κ1) is 30.8. The fourth-order valence-corrected chi connectivity index (χ4v) is 7.95. The number of carbonyl (C=O) groups is 1. The van der Waals surface area contributed by atoms with E-state index < -0.39 is 20.7 Å². The van der Waals surface area contributed by atoms with E-state index in [0.717, 1.165) is 29.5 Å². The Hall–Kier alpha value is -2.64. The van der Waals surface area contributed by atoms with E-state index >= 15 is 0 Å². The van der Waals surface area contributed by atoms with Gasteiger partial charge in [-0.15, -0.1) is 6.58 Å². The third-order valence-corrected chi connectivity index (χ3v) is 11.2. The Morgan fingerprint density at radius 1 is 1.00 bits per heavy atom. The molecule has 222 valence electrons. The van der Waals surface area contributed by atoms with E-state index in [9.17, 15) is 13.2 Å². The Bertz CT molecular complexity index is 1530. The highest BCUT2D eigenvalue weighted by Gasteiger charge is 2.53. The van der Waals surface area contributed by atoms with E-state index in [1.54, 1.807) is 6.92 Å². The molecule has 5 nitrogen and oxygen atoms in total. The fraction of sp³-hybridized carbons (Fsp3) is 0.382. The molecule has 3 aromatic carbocycles. The van der Waals surface area contributed by atoms with Crippen LogP contribution in [0.1, 0.15) is 73.4 Å². The number of nitrogens with zero attached hydrogens (tertiary/aromatic N) is 1. The van der Waals surface area contributed by atoms with Crippen LogP contribution in [0.2, 0.25) is 10.0 Å². The maximum Gasteiger partial charge on any atom is 0.229 e. The van der Waals surface area contributed by atoms with Gasteiger partial charge in [0.15, 0.2) is 0 Å². The van der Waals surface area contributed by atoms with Crippen molar-refractivity contribution in [1.29, 1.82) is 0 Å². The number of hydrogen-bond donors (Lipinski definition) is 1. The summed E-state index contributed by atoms with van der Waals surface area (Å²) in [6.07, 6.45) is 4.82. The molecule has 2 fully saturated rings. The zero-order chi connectivity index (χ0) is 30.1. The lowest BCUT2D eigenvalue weighted by atomic mass is 9.67. The normalized spacial score (nSPS) is 24.3. The van der Waals surface area contributed by atoms with Crippen LogP contribution in [-0.4, -0.2) is 31.8 Å². The minimum Gasteiger partial charge on any atom is -0.330 e. The quantitative estimate of drug-likeness (QED) is 0.219. The second kappa shape index (κ2) is 12.5. The van der Waals surface area contributed by atoms with E-state index in [1.807, 2.05) is 90.7 Å². The number of nitrogens with one attached hydrogen (secondary N) is 1. The molecule has 0 spiro atoms. The zero-order valence-corrected chi connectivity index (χ0v) is 26.4. The van der Waals surface area contributed by atoms with Gasteiger partial charge in [0.1, 0.15) is 0 Å². The van der Waals surface area contributed by atoms with Crippen molar-refractivity contribution in [1.82, 2.24) is 9.62 Å². The smallest absolute Gasteiger partial charge is 0.229 e. The highest BCUT2D eigenvalue weighted by molar-refractivity contribution is 7.89. The molecule has 1 heterocycles. The molecular formula is C34H38Cl2N2O3S. The molecule has 1 aliphatic heterocycles. The minimum absolute atomic E-state index is 0.0211. The number of carbonyl (C=O) groups excluding carboxylic acids is 1. The second-order valence-corrected chi connectivity index (χ2v) is 14.9. The Morgan fingerprint density at radius 2 is 1.69 bits per heavy atom. The van der Waals surface area contributed by atoms with Crippen molar-refractivity contribution in [2.75, 3.05) is 6.54 Å². The third kappa shape index (κ3) is 6.47. The largest absolute Gasteiger partial charge is 0.330 e. The lowest BCUT2D eigenvalue weighted by molar-refractivity contribution is -0.155. The van der Waals surface area contributed by atoms with Gasteiger partial charge in [-0.05, 0) is 79.5 Å². The van der Waals surface area contributed by atoms with Crippen LogP contribution < -0.4 is 4.72 Å². The van der Waals surface area contributed by atoms with Gasteiger partial charge in [-0.3, -0.25) is 4.79 Å². The summed E-state index contributed by atoms with van der Waals surface area (Å²) in [5, 5.41) is 0.523. The van der Waals surface area contributed by atoms with Crippen LogP contribution >= 0.6 is 23.2 Å². The Kier molecular flexibility index (Phi) is 9.19. The van der Waals surface area contributed by atoms with Crippen LogP contribution in [0.3, 0.4) is 0 Å². The Morgan fingerprint density at radius 3 is 2.31 bits per heavy atom. The molecule has 1 saturated carbocycles. The molecule has 0 radical (unpaired) electrons. The highest BCUT2D eigenvalue weighted by Crippen LogP contribution is 2.54. The Labute approximate surface area is 260 Å². The van der Waals surface area contributed by atoms with Crippen molar-refractivity contribution in [3.8, 4) is 0 Å². The van der Waals surface area contributed by atoms with Crippen molar-refractivity contribution in [3.05, 3.63) is 118 Å². The highest BCUT2D eigenvalue weighted by atomic mass is 35.5. The predicted molar refractivity (Wildman–Crippen MR) is 171 cm³/mol. The van der Waals surface area contributed by atoms with Crippen molar-refractivity contribution < 1.29 is 13.2 Å². The van der Waals surface area contributed by atoms with Gasteiger partial charge in [-0.25, -0.2) is 13.1 Å². The molecule has 2 aliphatic rings. The molecule has 1 aliphatic carbocycles. The molecular weight excluding hydrogens is 587 g/mol. The standard InChI is InChI=1S/C34H38Cl2N2O3S/c1-4-19-34(3)21-30(27-11-8-12-29(36)20-27)32(26-15-17-28(35)18-16-26)38(33(34)39)31(25-13-14-25)22-37-42(40,41)23(2)24-9-6-5-7-10-24/h4-12,15-18,20,23,25,30-32,37H,1,13-14,19,21-22H2,2-3H3/t23?,30-,31-,32-,34+/m1/s1. The maximum atomic E-state index is 14.6. The summed E-state index contributed by atoms with van der Waals surface area (Å²) in [5.41, 5.74) is 2.02.